The van der Waals surface area contributed by atoms with E-state index in [1.54, 1.807) is 19.1 Å². The first-order valence-electron chi connectivity index (χ1n) is 4.09. The Morgan fingerprint density at radius 3 is 2.46 bits per heavy atom. The van der Waals surface area contributed by atoms with Gasteiger partial charge in [0.25, 0.3) is 0 Å². The monoisotopic (exact) mass is 198 g/mol. The fourth-order valence-electron chi connectivity index (χ4n) is 1.07. The summed E-state index contributed by atoms with van der Waals surface area (Å²) in [5.74, 6) is 0. The normalized spacial score (nSPS) is 13.8. The molecule has 13 heavy (non-hydrogen) atoms. The smallest absolute Gasteiger partial charge is 0.399 e. The summed E-state index contributed by atoms with van der Waals surface area (Å²) in [6.45, 7) is 1.76. The molecule has 1 rings (SSSR count). The van der Waals surface area contributed by atoms with Crippen molar-refractivity contribution in [3.05, 3.63) is 29.8 Å². The Morgan fingerprint density at radius 2 is 2.00 bits per heavy atom. The molecular formula is C9H13NO2P+. The molecule has 0 spiro atoms. The van der Waals surface area contributed by atoms with Crippen molar-refractivity contribution in [2.45, 2.75) is 19.0 Å². The van der Waals surface area contributed by atoms with Crippen molar-refractivity contribution in [3.8, 4) is 0 Å². The van der Waals surface area contributed by atoms with Gasteiger partial charge in [0.15, 0.2) is 5.66 Å². The van der Waals surface area contributed by atoms with Crippen molar-refractivity contribution >= 4 is 13.7 Å². The van der Waals surface area contributed by atoms with E-state index in [0.29, 0.717) is 12.1 Å². The van der Waals surface area contributed by atoms with Crippen molar-refractivity contribution in [3.63, 3.8) is 0 Å². The second kappa shape index (κ2) is 4.35. The molecule has 0 fully saturated rings. The number of anilines is 1. The summed E-state index contributed by atoms with van der Waals surface area (Å²) in [4.78, 5) is 8.82. The van der Waals surface area contributed by atoms with Gasteiger partial charge in [-0.3, -0.25) is 0 Å². The van der Waals surface area contributed by atoms with Gasteiger partial charge in [0.05, 0.1) is 0 Å². The largest absolute Gasteiger partial charge is 0.508 e. The van der Waals surface area contributed by atoms with Crippen LogP contribution in [0.1, 0.15) is 12.5 Å². The van der Waals surface area contributed by atoms with Gasteiger partial charge >= 0.3 is 8.03 Å². The van der Waals surface area contributed by atoms with Crippen molar-refractivity contribution < 1.29 is 9.46 Å². The van der Waals surface area contributed by atoms with Crippen LogP contribution in [0.25, 0.3) is 0 Å². The van der Waals surface area contributed by atoms with Gasteiger partial charge in [-0.1, -0.05) is 12.1 Å². The number of nitrogens with two attached hydrogens (primary N) is 1. The van der Waals surface area contributed by atoms with E-state index in [0.717, 1.165) is 5.56 Å². The third kappa shape index (κ3) is 3.13. The second-order valence-corrected chi connectivity index (χ2v) is 4.58. The Kier molecular flexibility index (Phi) is 3.40. The lowest BCUT2D eigenvalue weighted by Gasteiger charge is -1.99. The first-order valence-corrected chi connectivity index (χ1v) is 5.37. The van der Waals surface area contributed by atoms with Gasteiger partial charge < -0.3 is 5.73 Å². The average molecular weight is 198 g/mol. The Balaban J connectivity index is 2.64. The van der Waals surface area contributed by atoms with Crippen LogP contribution in [0.3, 0.4) is 0 Å². The zero-order valence-corrected chi connectivity index (χ0v) is 8.37. The zero-order valence-electron chi connectivity index (χ0n) is 7.47. The summed E-state index contributed by atoms with van der Waals surface area (Å²) in [7, 11) is -2.07. The first-order chi connectivity index (χ1) is 6.09. The average Bonchev–Trinajstić information content (AvgIpc) is 2.08. The van der Waals surface area contributed by atoms with Crippen molar-refractivity contribution in [2.75, 3.05) is 5.73 Å². The lowest BCUT2D eigenvalue weighted by Crippen LogP contribution is -2.00. The minimum Gasteiger partial charge on any atom is -0.399 e. The van der Waals surface area contributed by atoms with Gasteiger partial charge in [0.1, 0.15) is 0 Å². The van der Waals surface area contributed by atoms with Crippen molar-refractivity contribution in [1.29, 1.82) is 0 Å². The summed E-state index contributed by atoms with van der Waals surface area (Å²) in [5, 5.41) is 0. The summed E-state index contributed by atoms with van der Waals surface area (Å²) >= 11 is 0. The molecule has 0 aliphatic rings. The Morgan fingerprint density at radius 1 is 1.46 bits per heavy atom. The van der Waals surface area contributed by atoms with Gasteiger partial charge in [-0.2, -0.15) is 4.89 Å². The quantitative estimate of drug-likeness (QED) is 0.576. The van der Waals surface area contributed by atoms with Crippen LogP contribution in [0.15, 0.2) is 24.3 Å². The molecule has 1 aromatic rings. The van der Waals surface area contributed by atoms with Crippen LogP contribution in [0.5, 0.6) is 0 Å². The molecule has 0 bridgehead atoms. The van der Waals surface area contributed by atoms with Crippen LogP contribution in [0.2, 0.25) is 0 Å². The molecule has 3 N–H and O–H groups in total. The van der Waals surface area contributed by atoms with E-state index in [2.05, 4.69) is 0 Å². The molecule has 1 aromatic carbocycles. The van der Waals surface area contributed by atoms with Gasteiger partial charge in [-0.15, -0.1) is 0 Å². The highest BCUT2D eigenvalue weighted by atomic mass is 31.1. The van der Waals surface area contributed by atoms with E-state index in [1.165, 1.54) is 0 Å². The van der Waals surface area contributed by atoms with Gasteiger partial charge in [-0.25, -0.2) is 0 Å². The minimum atomic E-state index is -2.07. The van der Waals surface area contributed by atoms with Crippen LogP contribution >= 0.6 is 8.03 Å². The number of rotatable bonds is 3. The molecule has 0 amide bonds. The summed E-state index contributed by atoms with van der Waals surface area (Å²) in [6.07, 6.45) is 0.617. The van der Waals surface area contributed by atoms with Crippen LogP contribution in [0, 0.1) is 0 Å². The molecule has 0 radical (unpaired) electrons. The summed E-state index contributed by atoms with van der Waals surface area (Å²) in [5.41, 5.74) is 7.07. The number of benzene rings is 1. The zero-order chi connectivity index (χ0) is 9.84. The molecule has 2 atom stereocenters. The molecule has 0 aromatic heterocycles. The molecular weight excluding hydrogens is 185 g/mol. The van der Waals surface area contributed by atoms with E-state index in [4.69, 9.17) is 10.6 Å². The van der Waals surface area contributed by atoms with Crippen molar-refractivity contribution in [2.24, 2.45) is 0 Å². The van der Waals surface area contributed by atoms with Crippen LogP contribution in [0.4, 0.5) is 5.69 Å². The molecule has 0 heterocycles. The highest BCUT2D eigenvalue weighted by molar-refractivity contribution is 7.38. The summed E-state index contributed by atoms with van der Waals surface area (Å²) in [6, 6.07) is 7.36. The molecule has 0 aliphatic heterocycles. The SMILES string of the molecule is CC(Cc1ccc(N)cc1)[P+](=O)O. The first kappa shape index (κ1) is 10.2. The van der Waals surface area contributed by atoms with Gasteiger partial charge in [-0.05, 0) is 29.2 Å². The maximum atomic E-state index is 10.7. The van der Waals surface area contributed by atoms with Crippen molar-refractivity contribution in [1.82, 2.24) is 0 Å². The fraction of sp³-hybridized carbons (Fsp3) is 0.333. The number of hydrogen-bond acceptors (Lipinski definition) is 2. The van der Waals surface area contributed by atoms with Gasteiger partial charge in [0, 0.05) is 12.1 Å². The Labute approximate surface area is 78.5 Å². The third-order valence-corrected chi connectivity index (χ3v) is 2.82. The van der Waals surface area contributed by atoms with E-state index >= 15 is 0 Å². The van der Waals surface area contributed by atoms with E-state index < -0.39 is 8.03 Å². The predicted octanol–water partition coefficient (Wildman–Crippen LogP) is 1.93. The molecule has 3 nitrogen and oxygen atoms in total. The molecule has 0 aliphatic carbocycles. The molecule has 4 heteroatoms. The number of hydrogen-bond donors (Lipinski definition) is 2. The molecule has 70 valence electrons. The maximum Gasteiger partial charge on any atom is 0.508 e. The summed E-state index contributed by atoms with van der Waals surface area (Å²) < 4.78 is 10.7. The highest BCUT2D eigenvalue weighted by Crippen LogP contribution is 2.25. The predicted molar refractivity (Wildman–Crippen MR) is 53.8 cm³/mol. The minimum absolute atomic E-state index is 0.196. The Bertz CT molecular complexity index is 297. The van der Waals surface area contributed by atoms with E-state index in [-0.39, 0.29) is 5.66 Å². The number of nitrogen functional groups attached to an aromatic ring is 1. The van der Waals surface area contributed by atoms with Crippen LogP contribution in [-0.4, -0.2) is 10.6 Å². The maximum absolute atomic E-state index is 10.7. The van der Waals surface area contributed by atoms with Gasteiger partial charge in [0.2, 0.25) is 0 Å². The topological polar surface area (TPSA) is 63.3 Å². The Hall–Kier alpha value is -0.920. The third-order valence-electron chi connectivity index (χ3n) is 1.89. The lowest BCUT2D eigenvalue weighted by molar-refractivity contribution is 0.491. The lowest BCUT2D eigenvalue weighted by atomic mass is 10.1. The molecule has 0 saturated carbocycles. The fourth-order valence-corrected chi connectivity index (χ4v) is 1.44. The van der Waals surface area contributed by atoms with E-state index in [9.17, 15) is 4.57 Å². The molecule has 0 saturated heterocycles. The standard InChI is InChI=1S/C9H12NO2P/c1-7(13(11)12)6-8-2-4-9(10)5-3-8/h2-5,7H,6,10H2,1H3/p+1. The van der Waals surface area contributed by atoms with Crippen LogP contribution in [-0.2, 0) is 11.0 Å². The molecule has 2 unspecified atom stereocenters. The van der Waals surface area contributed by atoms with Crippen LogP contribution < -0.4 is 5.73 Å². The van der Waals surface area contributed by atoms with E-state index in [1.807, 2.05) is 12.1 Å². The highest BCUT2D eigenvalue weighted by Gasteiger charge is 2.22. The second-order valence-electron chi connectivity index (χ2n) is 3.10.